The van der Waals surface area contributed by atoms with Crippen molar-refractivity contribution in [3.8, 4) is 0 Å². The monoisotopic (exact) mass is 196 g/mol. The Hall–Kier alpha value is 0.0249. The summed E-state index contributed by atoms with van der Waals surface area (Å²) in [5.74, 6) is 0.237. The Labute approximate surface area is 71.9 Å². The van der Waals surface area contributed by atoms with E-state index in [2.05, 4.69) is 35.9 Å². The molecule has 2 radical (unpaired) electrons. The fourth-order valence-corrected chi connectivity index (χ4v) is 1.54. The summed E-state index contributed by atoms with van der Waals surface area (Å²) in [6, 6.07) is 0. The maximum atomic E-state index is 5.81. The molecule has 0 N–H and O–H groups in total. The summed E-state index contributed by atoms with van der Waals surface area (Å²) in [6.45, 7) is 4.17. The SMILES string of the molecule is [B][C@@H]1CC(C)=C(Br)C=C1C. The van der Waals surface area contributed by atoms with Crippen molar-refractivity contribution in [3.05, 3.63) is 21.7 Å². The van der Waals surface area contributed by atoms with Crippen molar-refractivity contribution in [3.63, 3.8) is 0 Å². The first-order valence-electron chi connectivity index (χ1n) is 3.40. The van der Waals surface area contributed by atoms with Gasteiger partial charge in [0.2, 0.25) is 0 Å². The molecule has 1 aliphatic carbocycles. The predicted molar refractivity (Wildman–Crippen MR) is 49.5 cm³/mol. The highest BCUT2D eigenvalue weighted by Crippen LogP contribution is 2.32. The highest BCUT2D eigenvalue weighted by molar-refractivity contribution is 9.11. The molecule has 0 bridgehead atoms. The minimum atomic E-state index is 0.237. The summed E-state index contributed by atoms with van der Waals surface area (Å²) in [7, 11) is 5.81. The quantitative estimate of drug-likeness (QED) is 0.523. The summed E-state index contributed by atoms with van der Waals surface area (Å²) in [5, 5.41) is 0. The van der Waals surface area contributed by atoms with Crippen LogP contribution >= 0.6 is 15.9 Å². The average Bonchev–Trinajstić information content (AvgIpc) is 1.84. The molecule has 0 aromatic heterocycles. The van der Waals surface area contributed by atoms with Gasteiger partial charge in [0.15, 0.2) is 0 Å². The Morgan fingerprint density at radius 3 is 2.70 bits per heavy atom. The maximum Gasteiger partial charge on any atom is 0.0763 e. The predicted octanol–water partition coefficient (Wildman–Crippen LogP) is 2.96. The zero-order chi connectivity index (χ0) is 7.72. The zero-order valence-corrected chi connectivity index (χ0v) is 7.90. The molecule has 0 aromatic carbocycles. The summed E-state index contributed by atoms with van der Waals surface area (Å²) < 4.78 is 1.20. The average molecular weight is 197 g/mol. The lowest BCUT2D eigenvalue weighted by Crippen LogP contribution is -2.00. The van der Waals surface area contributed by atoms with E-state index in [4.69, 9.17) is 7.85 Å². The molecule has 0 nitrogen and oxygen atoms in total. The molecule has 1 aliphatic rings. The van der Waals surface area contributed by atoms with E-state index >= 15 is 0 Å². The molecule has 0 unspecified atom stereocenters. The molecule has 0 aromatic rings. The van der Waals surface area contributed by atoms with E-state index in [0.29, 0.717) is 0 Å². The van der Waals surface area contributed by atoms with Gasteiger partial charge in [-0.1, -0.05) is 32.9 Å². The minimum Gasteiger partial charge on any atom is -0.0774 e. The molecule has 1 atom stereocenters. The van der Waals surface area contributed by atoms with Crippen molar-refractivity contribution in [2.75, 3.05) is 0 Å². The number of halogens is 1. The van der Waals surface area contributed by atoms with Gasteiger partial charge in [-0.05, 0) is 26.3 Å². The standard InChI is InChI=1S/C8H10BBr/c1-5-4-8(10)6(2)3-7(5)9/h4,7H,3H2,1-2H3/t7-/m1/s1. The molecule has 0 aliphatic heterocycles. The number of rotatable bonds is 0. The van der Waals surface area contributed by atoms with Crippen LogP contribution in [-0.4, -0.2) is 7.85 Å². The van der Waals surface area contributed by atoms with E-state index in [1.165, 1.54) is 15.6 Å². The molecule has 0 amide bonds. The first-order valence-corrected chi connectivity index (χ1v) is 4.19. The fraction of sp³-hybridized carbons (Fsp3) is 0.500. The second-order valence-electron chi connectivity index (χ2n) is 2.83. The van der Waals surface area contributed by atoms with Gasteiger partial charge in [0.05, 0.1) is 7.85 Å². The lowest BCUT2D eigenvalue weighted by molar-refractivity contribution is 0.898. The molecule has 10 heavy (non-hydrogen) atoms. The van der Waals surface area contributed by atoms with E-state index < -0.39 is 0 Å². The molecule has 0 fully saturated rings. The Morgan fingerprint density at radius 2 is 2.20 bits per heavy atom. The Morgan fingerprint density at radius 1 is 1.60 bits per heavy atom. The molecule has 2 heteroatoms. The molecule has 0 saturated carbocycles. The maximum absolute atomic E-state index is 5.81. The Balaban J connectivity index is 2.88. The van der Waals surface area contributed by atoms with E-state index in [-0.39, 0.29) is 5.82 Å². The number of hydrogen-bond acceptors (Lipinski definition) is 0. The lowest BCUT2D eigenvalue weighted by atomic mass is 9.74. The van der Waals surface area contributed by atoms with Crippen LogP contribution in [0.1, 0.15) is 20.3 Å². The third kappa shape index (κ3) is 1.54. The molecular formula is C8H10BBr. The molecule has 0 spiro atoms. The third-order valence-corrected chi connectivity index (χ3v) is 2.78. The first-order chi connectivity index (χ1) is 4.61. The molecule has 1 rings (SSSR count). The van der Waals surface area contributed by atoms with E-state index in [0.717, 1.165) is 6.42 Å². The van der Waals surface area contributed by atoms with Crippen molar-refractivity contribution in [2.45, 2.75) is 26.1 Å². The smallest absolute Gasteiger partial charge is 0.0763 e. The van der Waals surface area contributed by atoms with Crippen molar-refractivity contribution >= 4 is 23.8 Å². The summed E-state index contributed by atoms with van der Waals surface area (Å²) >= 11 is 3.47. The van der Waals surface area contributed by atoms with Gasteiger partial charge < -0.3 is 0 Å². The zero-order valence-electron chi connectivity index (χ0n) is 6.32. The third-order valence-electron chi connectivity index (χ3n) is 1.87. The van der Waals surface area contributed by atoms with E-state index in [1.54, 1.807) is 0 Å². The van der Waals surface area contributed by atoms with Crippen LogP contribution in [0, 0.1) is 0 Å². The second kappa shape index (κ2) is 2.95. The largest absolute Gasteiger partial charge is 0.0774 e. The van der Waals surface area contributed by atoms with Crippen molar-refractivity contribution in [1.29, 1.82) is 0 Å². The van der Waals surface area contributed by atoms with Crippen LogP contribution in [0.25, 0.3) is 0 Å². The molecular weight excluding hydrogens is 187 g/mol. The normalized spacial score (nSPS) is 26.7. The highest BCUT2D eigenvalue weighted by atomic mass is 79.9. The van der Waals surface area contributed by atoms with Crippen LogP contribution in [0.4, 0.5) is 0 Å². The van der Waals surface area contributed by atoms with E-state index in [9.17, 15) is 0 Å². The van der Waals surface area contributed by atoms with Crippen molar-refractivity contribution in [2.24, 2.45) is 0 Å². The number of allylic oxidation sites excluding steroid dienone is 4. The van der Waals surface area contributed by atoms with Gasteiger partial charge in [-0.3, -0.25) is 0 Å². The van der Waals surface area contributed by atoms with Crippen LogP contribution < -0.4 is 0 Å². The van der Waals surface area contributed by atoms with Crippen LogP contribution in [0.5, 0.6) is 0 Å². The van der Waals surface area contributed by atoms with Crippen LogP contribution in [0.3, 0.4) is 0 Å². The topological polar surface area (TPSA) is 0 Å². The van der Waals surface area contributed by atoms with Gasteiger partial charge >= 0.3 is 0 Å². The molecule has 0 heterocycles. The fourth-order valence-electron chi connectivity index (χ4n) is 1.02. The Kier molecular flexibility index (Phi) is 2.40. The van der Waals surface area contributed by atoms with E-state index in [1.807, 2.05) is 0 Å². The van der Waals surface area contributed by atoms with Gasteiger partial charge in [0.25, 0.3) is 0 Å². The summed E-state index contributed by atoms with van der Waals surface area (Å²) in [4.78, 5) is 0. The second-order valence-corrected chi connectivity index (χ2v) is 3.68. The van der Waals surface area contributed by atoms with Crippen LogP contribution in [-0.2, 0) is 0 Å². The van der Waals surface area contributed by atoms with Crippen molar-refractivity contribution < 1.29 is 0 Å². The summed E-state index contributed by atoms with van der Waals surface area (Å²) in [6.07, 6.45) is 3.09. The minimum absolute atomic E-state index is 0.237. The van der Waals surface area contributed by atoms with Gasteiger partial charge in [0, 0.05) is 4.48 Å². The van der Waals surface area contributed by atoms with Crippen molar-refractivity contribution in [1.82, 2.24) is 0 Å². The molecule has 0 saturated heterocycles. The van der Waals surface area contributed by atoms with Gasteiger partial charge in [-0.2, -0.15) is 0 Å². The van der Waals surface area contributed by atoms with Crippen LogP contribution in [0.15, 0.2) is 21.7 Å². The van der Waals surface area contributed by atoms with Gasteiger partial charge in [0.1, 0.15) is 0 Å². The summed E-state index contributed by atoms with van der Waals surface area (Å²) in [5.41, 5.74) is 2.61. The van der Waals surface area contributed by atoms with Crippen LogP contribution in [0.2, 0.25) is 5.82 Å². The number of hydrogen-bond donors (Lipinski definition) is 0. The van der Waals surface area contributed by atoms with Gasteiger partial charge in [-0.15, -0.1) is 0 Å². The first kappa shape index (κ1) is 8.12. The lowest BCUT2D eigenvalue weighted by Gasteiger charge is -2.19. The highest BCUT2D eigenvalue weighted by Gasteiger charge is 2.11. The van der Waals surface area contributed by atoms with Gasteiger partial charge in [-0.25, -0.2) is 0 Å². The Bertz CT molecular complexity index is 203. The molecule has 52 valence electrons.